The van der Waals surface area contributed by atoms with Crippen LogP contribution in [0.3, 0.4) is 0 Å². The summed E-state index contributed by atoms with van der Waals surface area (Å²) in [7, 11) is -0.837. The second kappa shape index (κ2) is 5.52. The van der Waals surface area contributed by atoms with Gasteiger partial charge in [0.05, 0.1) is 16.4 Å². The molecule has 1 aliphatic heterocycles. The van der Waals surface area contributed by atoms with Crippen LogP contribution in [0.4, 0.5) is 5.82 Å². The van der Waals surface area contributed by atoms with Crippen LogP contribution in [0.15, 0.2) is 18.6 Å². The largest absolute Gasteiger partial charge is 0.367 e. The lowest BCUT2D eigenvalue weighted by Gasteiger charge is -2.32. The monoisotopic (exact) mass is 347 g/mol. The van der Waals surface area contributed by atoms with E-state index in [1.54, 1.807) is 6.33 Å². The summed E-state index contributed by atoms with van der Waals surface area (Å²) < 4.78 is 14.4. The Kier molecular flexibility index (Phi) is 3.69. The predicted molar refractivity (Wildman–Crippen MR) is 97.0 cm³/mol. The zero-order chi connectivity index (χ0) is 16.9. The van der Waals surface area contributed by atoms with Crippen molar-refractivity contribution in [2.45, 2.75) is 39.7 Å². The lowest BCUT2D eigenvalue weighted by molar-refractivity contribution is 0.184. The number of H-pyrrole nitrogens is 1. The molecule has 1 saturated heterocycles. The summed E-state index contributed by atoms with van der Waals surface area (Å²) in [6.45, 7) is 8.55. The van der Waals surface area contributed by atoms with Gasteiger partial charge in [-0.1, -0.05) is 20.8 Å². The molecule has 0 amide bonds. The summed E-state index contributed by atoms with van der Waals surface area (Å²) in [5, 5.41) is 4.68. The molecule has 2 fully saturated rings. The molecule has 1 saturated carbocycles. The van der Waals surface area contributed by atoms with Gasteiger partial charge >= 0.3 is 0 Å². The molecular weight excluding hydrogens is 322 g/mol. The molecule has 2 N–H and O–H groups in total. The Hall–Kier alpha value is -1.47. The maximum Gasteiger partial charge on any atom is 0.142 e. The van der Waals surface area contributed by atoms with E-state index < -0.39 is 11.0 Å². The summed E-state index contributed by atoms with van der Waals surface area (Å²) in [5.74, 6) is 1.62. The van der Waals surface area contributed by atoms with Crippen molar-refractivity contribution < 1.29 is 4.21 Å². The molecule has 7 heteroatoms. The van der Waals surface area contributed by atoms with Gasteiger partial charge in [-0.05, 0) is 29.7 Å². The lowest BCUT2D eigenvalue weighted by Crippen LogP contribution is -2.30. The molecule has 2 aromatic heterocycles. The SMILES string of the molecule is CCS(=O)N1C[C@]2(C)CC(Nc3ncnc4[nH]ccc34)C[C@]2(C)C1. The number of hydrogen-bond acceptors (Lipinski definition) is 4. The molecular formula is C17H25N5OS. The summed E-state index contributed by atoms with van der Waals surface area (Å²) in [6.07, 6.45) is 5.66. The quantitative estimate of drug-likeness (QED) is 0.891. The highest BCUT2D eigenvalue weighted by Crippen LogP contribution is 2.58. The Labute approximate surface area is 145 Å². The van der Waals surface area contributed by atoms with Crippen LogP contribution < -0.4 is 5.32 Å². The fourth-order valence-electron chi connectivity index (χ4n) is 4.61. The van der Waals surface area contributed by atoms with Crippen molar-refractivity contribution in [3.8, 4) is 0 Å². The van der Waals surface area contributed by atoms with Crippen LogP contribution in [0.1, 0.15) is 33.6 Å². The summed E-state index contributed by atoms with van der Waals surface area (Å²) in [6, 6.07) is 2.41. The van der Waals surface area contributed by atoms with E-state index >= 15 is 0 Å². The Morgan fingerprint density at radius 2 is 2.04 bits per heavy atom. The topological polar surface area (TPSA) is 73.9 Å². The molecule has 0 aromatic carbocycles. The lowest BCUT2D eigenvalue weighted by atomic mass is 9.71. The molecule has 0 bridgehead atoms. The first-order valence-corrected chi connectivity index (χ1v) is 9.90. The van der Waals surface area contributed by atoms with Crippen molar-refractivity contribution in [3.05, 3.63) is 18.6 Å². The van der Waals surface area contributed by atoms with Crippen molar-refractivity contribution in [2.24, 2.45) is 10.8 Å². The fourth-order valence-corrected chi connectivity index (χ4v) is 5.83. The molecule has 2 aliphatic rings. The van der Waals surface area contributed by atoms with Crippen LogP contribution in [0, 0.1) is 10.8 Å². The van der Waals surface area contributed by atoms with Crippen molar-refractivity contribution in [1.82, 2.24) is 19.3 Å². The standard InChI is InChI=1S/C17H25N5OS/c1-4-24(23)22-9-16(2)7-12(8-17(16,3)10-22)21-15-13-5-6-18-14(13)19-11-20-15/h5-6,11-12H,4,7-10H2,1-3H3,(H2,18,19,20,21)/t12?,16-,17+,24?. The van der Waals surface area contributed by atoms with Gasteiger partial charge in [0, 0.05) is 31.1 Å². The van der Waals surface area contributed by atoms with Gasteiger partial charge < -0.3 is 10.3 Å². The third-order valence-electron chi connectivity index (χ3n) is 6.13. The number of fused-ring (bicyclic) bond motifs is 2. The van der Waals surface area contributed by atoms with Crippen molar-refractivity contribution in [2.75, 3.05) is 24.2 Å². The van der Waals surface area contributed by atoms with E-state index in [2.05, 4.69) is 38.4 Å². The third kappa shape index (κ3) is 2.37. The highest BCUT2D eigenvalue weighted by molar-refractivity contribution is 7.82. The van der Waals surface area contributed by atoms with Gasteiger partial charge in [-0.15, -0.1) is 0 Å². The summed E-state index contributed by atoms with van der Waals surface area (Å²) in [5.41, 5.74) is 1.26. The number of hydrogen-bond donors (Lipinski definition) is 2. The van der Waals surface area contributed by atoms with Crippen LogP contribution in [-0.4, -0.2) is 48.4 Å². The Morgan fingerprint density at radius 3 is 2.71 bits per heavy atom. The first kappa shape index (κ1) is 16.0. The molecule has 3 heterocycles. The smallest absolute Gasteiger partial charge is 0.142 e. The highest BCUT2D eigenvalue weighted by atomic mass is 32.2. The molecule has 2 unspecified atom stereocenters. The van der Waals surface area contributed by atoms with Crippen LogP contribution >= 0.6 is 0 Å². The van der Waals surface area contributed by atoms with Crippen LogP contribution in [0.2, 0.25) is 0 Å². The molecule has 2 aromatic rings. The van der Waals surface area contributed by atoms with E-state index in [1.807, 2.05) is 19.2 Å². The van der Waals surface area contributed by atoms with Crippen molar-refractivity contribution >= 4 is 27.8 Å². The number of aromatic nitrogens is 3. The van der Waals surface area contributed by atoms with Gasteiger partial charge in [-0.25, -0.2) is 18.5 Å². The zero-order valence-electron chi connectivity index (χ0n) is 14.5. The summed E-state index contributed by atoms with van der Waals surface area (Å²) in [4.78, 5) is 11.8. The average Bonchev–Trinajstić information content (AvgIpc) is 3.16. The minimum Gasteiger partial charge on any atom is -0.367 e. The van der Waals surface area contributed by atoms with E-state index in [0.29, 0.717) is 11.8 Å². The Morgan fingerprint density at radius 1 is 1.33 bits per heavy atom. The maximum absolute atomic E-state index is 12.2. The van der Waals surface area contributed by atoms with Gasteiger partial charge in [-0.2, -0.15) is 0 Å². The molecule has 1 aliphatic carbocycles. The maximum atomic E-state index is 12.2. The van der Waals surface area contributed by atoms with Crippen LogP contribution in [0.5, 0.6) is 0 Å². The number of aromatic amines is 1. The van der Waals surface area contributed by atoms with Crippen LogP contribution in [0.25, 0.3) is 11.0 Å². The van der Waals surface area contributed by atoms with Gasteiger partial charge in [-0.3, -0.25) is 0 Å². The number of rotatable bonds is 4. The van der Waals surface area contributed by atoms with Gasteiger partial charge in [0.1, 0.15) is 17.8 Å². The average molecular weight is 347 g/mol. The molecule has 4 rings (SSSR count). The van der Waals surface area contributed by atoms with E-state index in [1.165, 1.54) is 0 Å². The number of nitrogens with zero attached hydrogens (tertiary/aromatic N) is 3. The van der Waals surface area contributed by atoms with Crippen molar-refractivity contribution in [3.63, 3.8) is 0 Å². The van der Waals surface area contributed by atoms with E-state index in [-0.39, 0.29) is 10.8 Å². The minimum absolute atomic E-state index is 0.194. The Bertz CT molecular complexity index is 772. The normalized spacial score (nSPS) is 34.5. The first-order valence-electron chi connectivity index (χ1n) is 8.62. The first-order chi connectivity index (χ1) is 11.4. The molecule has 0 radical (unpaired) electrons. The van der Waals surface area contributed by atoms with E-state index in [0.717, 1.165) is 42.8 Å². The van der Waals surface area contributed by atoms with Gasteiger partial charge in [0.15, 0.2) is 0 Å². The highest BCUT2D eigenvalue weighted by Gasteiger charge is 2.58. The zero-order valence-corrected chi connectivity index (χ0v) is 15.3. The molecule has 6 nitrogen and oxygen atoms in total. The Balaban J connectivity index is 1.53. The molecule has 130 valence electrons. The van der Waals surface area contributed by atoms with Gasteiger partial charge in [0.2, 0.25) is 0 Å². The number of anilines is 1. The molecule has 0 spiro atoms. The second-order valence-corrected chi connectivity index (χ2v) is 9.48. The van der Waals surface area contributed by atoms with E-state index in [4.69, 9.17) is 0 Å². The molecule has 24 heavy (non-hydrogen) atoms. The minimum atomic E-state index is -0.837. The third-order valence-corrected chi connectivity index (χ3v) is 7.46. The van der Waals surface area contributed by atoms with E-state index in [9.17, 15) is 4.21 Å². The van der Waals surface area contributed by atoms with Crippen molar-refractivity contribution in [1.29, 1.82) is 0 Å². The fraction of sp³-hybridized carbons (Fsp3) is 0.647. The van der Waals surface area contributed by atoms with Crippen LogP contribution in [-0.2, 0) is 11.0 Å². The van der Waals surface area contributed by atoms with Gasteiger partial charge in [0.25, 0.3) is 0 Å². The second-order valence-electron chi connectivity index (χ2n) is 7.74. The summed E-state index contributed by atoms with van der Waals surface area (Å²) >= 11 is 0. The predicted octanol–water partition coefficient (Wildman–Crippen LogP) is 2.54. The number of nitrogens with one attached hydrogen (secondary N) is 2. The molecule has 4 atom stereocenters.